The third-order valence-corrected chi connectivity index (χ3v) is 5.05. The summed E-state index contributed by atoms with van der Waals surface area (Å²) in [6, 6.07) is 11.1. The molecule has 0 saturated carbocycles. The average molecular weight is 362 g/mol. The van der Waals surface area contributed by atoms with Crippen molar-refractivity contribution < 1.29 is 8.42 Å². The van der Waals surface area contributed by atoms with E-state index in [4.69, 9.17) is 17.3 Å². The van der Waals surface area contributed by atoms with Gasteiger partial charge in [-0.3, -0.25) is 4.72 Å². The molecule has 0 aromatic heterocycles. The molecule has 2 aromatic rings. The Kier molecular flexibility index (Phi) is 4.03. The van der Waals surface area contributed by atoms with E-state index in [2.05, 4.69) is 20.7 Å². The number of nitrogens with one attached hydrogen (secondary N) is 1. The lowest BCUT2D eigenvalue weighted by Crippen LogP contribution is -2.13. The Bertz CT molecular complexity index is 719. The predicted molar refractivity (Wildman–Crippen MR) is 80.8 cm³/mol. The van der Waals surface area contributed by atoms with Gasteiger partial charge in [-0.1, -0.05) is 23.7 Å². The molecule has 0 amide bonds. The summed E-state index contributed by atoms with van der Waals surface area (Å²) in [5.41, 5.74) is 6.31. The van der Waals surface area contributed by atoms with Crippen molar-refractivity contribution in [2.75, 3.05) is 10.5 Å². The maximum Gasteiger partial charge on any atom is 0.263 e. The SMILES string of the molecule is Nc1ccc(NS(=O)(=O)c2ccccc2Br)c(Cl)c1. The van der Waals surface area contributed by atoms with Crippen LogP contribution in [0.15, 0.2) is 51.8 Å². The molecule has 100 valence electrons. The van der Waals surface area contributed by atoms with Crippen molar-refractivity contribution in [1.82, 2.24) is 0 Å². The first-order chi connectivity index (χ1) is 8.90. The highest BCUT2D eigenvalue weighted by atomic mass is 79.9. The van der Waals surface area contributed by atoms with Crippen LogP contribution in [0.5, 0.6) is 0 Å². The van der Waals surface area contributed by atoms with E-state index < -0.39 is 10.0 Å². The van der Waals surface area contributed by atoms with Crippen LogP contribution in [-0.2, 0) is 10.0 Å². The molecule has 0 atom stereocenters. The molecule has 19 heavy (non-hydrogen) atoms. The lowest BCUT2D eigenvalue weighted by Gasteiger charge is -2.11. The van der Waals surface area contributed by atoms with Crippen LogP contribution >= 0.6 is 27.5 Å². The van der Waals surface area contributed by atoms with E-state index in [9.17, 15) is 8.42 Å². The fourth-order valence-corrected chi connectivity index (χ4v) is 3.85. The van der Waals surface area contributed by atoms with Crippen LogP contribution in [0.3, 0.4) is 0 Å². The normalized spacial score (nSPS) is 11.3. The molecule has 4 nitrogen and oxygen atoms in total. The van der Waals surface area contributed by atoms with Crippen molar-refractivity contribution in [2.24, 2.45) is 0 Å². The van der Waals surface area contributed by atoms with Crippen LogP contribution in [0, 0.1) is 0 Å². The van der Waals surface area contributed by atoms with Gasteiger partial charge in [0.1, 0.15) is 4.90 Å². The summed E-state index contributed by atoms with van der Waals surface area (Å²) < 4.78 is 27.4. The molecule has 2 aromatic carbocycles. The van der Waals surface area contributed by atoms with Gasteiger partial charge in [-0.15, -0.1) is 0 Å². The van der Waals surface area contributed by atoms with Gasteiger partial charge >= 0.3 is 0 Å². The first kappa shape index (κ1) is 14.2. The van der Waals surface area contributed by atoms with Crippen molar-refractivity contribution in [3.8, 4) is 0 Å². The van der Waals surface area contributed by atoms with E-state index in [0.717, 1.165) is 0 Å². The number of nitrogen functional groups attached to an aromatic ring is 1. The summed E-state index contributed by atoms with van der Waals surface area (Å²) in [5, 5.41) is 0.246. The van der Waals surface area contributed by atoms with Gasteiger partial charge in [0, 0.05) is 10.2 Å². The van der Waals surface area contributed by atoms with Crippen molar-refractivity contribution >= 4 is 48.9 Å². The third kappa shape index (κ3) is 3.20. The summed E-state index contributed by atoms with van der Waals surface area (Å²) in [4.78, 5) is 0.142. The molecule has 7 heteroatoms. The molecule has 0 aliphatic carbocycles. The lowest BCUT2D eigenvalue weighted by molar-refractivity contribution is 0.601. The van der Waals surface area contributed by atoms with E-state index in [1.54, 1.807) is 24.3 Å². The van der Waals surface area contributed by atoms with Gasteiger partial charge in [0.15, 0.2) is 0 Å². The van der Waals surface area contributed by atoms with Gasteiger partial charge in [-0.25, -0.2) is 8.42 Å². The fourth-order valence-electron chi connectivity index (χ4n) is 1.48. The minimum atomic E-state index is -3.70. The van der Waals surface area contributed by atoms with Crippen LogP contribution < -0.4 is 10.5 Å². The molecule has 0 spiro atoms. The monoisotopic (exact) mass is 360 g/mol. The van der Waals surface area contributed by atoms with Gasteiger partial charge in [0.25, 0.3) is 10.0 Å². The fraction of sp³-hybridized carbons (Fsp3) is 0. The van der Waals surface area contributed by atoms with E-state index in [-0.39, 0.29) is 15.6 Å². The predicted octanol–water partition coefficient (Wildman–Crippen LogP) is 3.49. The van der Waals surface area contributed by atoms with Gasteiger partial charge < -0.3 is 5.73 Å². The first-order valence-electron chi connectivity index (χ1n) is 5.22. The number of hydrogen-bond donors (Lipinski definition) is 2. The van der Waals surface area contributed by atoms with E-state index in [1.165, 1.54) is 18.2 Å². The first-order valence-corrected chi connectivity index (χ1v) is 7.88. The number of nitrogens with two attached hydrogens (primary N) is 1. The van der Waals surface area contributed by atoms with Crippen LogP contribution in [0.25, 0.3) is 0 Å². The number of benzene rings is 2. The zero-order chi connectivity index (χ0) is 14.0. The molecule has 0 radical (unpaired) electrons. The molecule has 2 rings (SSSR count). The van der Waals surface area contributed by atoms with Gasteiger partial charge in [-0.2, -0.15) is 0 Å². The number of hydrogen-bond acceptors (Lipinski definition) is 3. The second-order valence-corrected chi connectivity index (χ2v) is 6.69. The molecule has 0 unspecified atom stereocenters. The highest BCUT2D eigenvalue weighted by Gasteiger charge is 2.18. The Hall–Kier alpha value is -1.24. The zero-order valence-corrected chi connectivity index (χ0v) is 12.8. The minimum absolute atomic E-state index is 0.142. The Morgan fingerprint density at radius 3 is 2.47 bits per heavy atom. The maximum absolute atomic E-state index is 12.2. The van der Waals surface area contributed by atoms with E-state index >= 15 is 0 Å². The molecular weight excluding hydrogens is 352 g/mol. The number of rotatable bonds is 3. The standard InChI is InChI=1S/C12H10BrClN2O2S/c13-9-3-1-2-4-12(9)19(17,18)16-11-6-5-8(15)7-10(11)14/h1-7,16H,15H2. The van der Waals surface area contributed by atoms with Gasteiger partial charge in [-0.05, 0) is 46.3 Å². The van der Waals surface area contributed by atoms with Crippen molar-refractivity contribution in [2.45, 2.75) is 4.90 Å². The highest BCUT2D eigenvalue weighted by Crippen LogP contribution is 2.28. The van der Waals surface area contributed by atoms with Crippen molar-refractivity contribution in [1.29, 1.82) is 0 Å². The molecule has 0 saturated heterocycles. The van der Waals surface area contributed by atoms with E-state index in [0.29, 0.717) is 10.2 Å². The Balaban J connectivity index is 2.40. The van der Waals surface area contributed by atoms with Crippen molar-refractivity contribution in [3.63, 3.8) is 0 Å². The molecule has 0 heterocycles. The lowest BCUT2D eigenvalue weighted by atomic mass is 10.3. The topological polar surface area (TPSA) is 72.2 Å². The molecule has 0 fully saturated rings. The summed E-state index contributed by atoms with van der Waals surface area (Å²) in [6.45, 7) is 0. The zero-order valence-electron chi connectivity index (χ0n) is 9.60. The smallest absolute Gasteiger partial charge is 0.263 e. The largest absolute Gasteiger partial charge is 0.399 e. The second kappa shape index (κ2) is 5.40. The number of anilines is 2. The Labute approximate surface area is 124 Å². The quantitative estimate of drug-likeness (QED) is 0.822. The molecule has 0 aliphatic rings. The van der Waals surface area contributed by atoms with Crippen LogP contribution in [0.1, 0.15) is 0 Å². The highest BCUT2D eigenvalue weighted by molar-refractivity contribution is 9.10. The summed E-state index contributed by atoms with van der Waals surface area (Å²) in [5.74, 6) is 0. The average Bonchev–Trinajstić information content (AvgIpc) is 2.33. The van der Waals surface area contributed by atoms with Crippen molar-refractivity contribution in [3.05, 3.63) is 52.0 Å². The summed E-state index contributed by atoms with van der Waals surface area (Å²) in [7, 11) is -3.70. The molecular formula is C12H10BrClN2O2S. The summed E-state index contributed by atoms with van der Waals surface area (Å²) >= 11 is 9.15. The Morgan fingerprint density at radius 2 is 1.84 bits per heavy atom. The third-order valence-electron chi connectivity index (χ3n) is 2.36. The minimum Gasteiger partial charge on any atom is -0.399 e. The molecule has 0 bridgehead atoms. The number of sulfonamides is 1. The van der Waals surface area contributed by atoms with Gasteiger partial charge in [0.2, 0.25) is 0 Å². The molecule has 3 N–H and O–H groups in total. The van der Waals surface area contributed by atoms with E-state index in [1.807, 2.05) is 0 Å². The van der Waals surface area contributed by atoms with Crippen LogP contribution in [-0.4, -0.2) is 8.42 Å². The molecule has 0 aliphatic heterocycles. The van der Waals surface area contributed by atoms with Crippen LogP contribution in [0.2, 0.25) is 5.02 Å². The summed E-state index contributed by atoms with van der Waals surface area (Å²) in [6.07, 6.45) is 0. The van der Waals surface area contributed by atoms with Gasteiger partial charge in [0.05, 0.1) is 10.7 Å². The van der Waals surface area contributed by atoms with Crippen LogP contribution in [0.4, 0.5) is 11.4 Å². The Morgan fingerprint density at radius 1 is 1.16 bits per heavy atom. The second-order valence-electron chi connectivity index (χ2n) is 3.78. The number of halogens is 2. The maximum atomic E-state index is 12.2.